The Morgan fingerprint density at radius 2 is 2.00 bits per heavy atom. The smallest absolute Gasteiger partial charge is 0.155 e. The van der Waals surface area contributed by atoms with Crippen LogP contribution in [-0.2, 0) is 14.6 Å². The van der Waals surface area contributed by atoms with E-state index in [4.69, 9.17) is 4.74 Å². The van der Waals surface area contributed by atoms with E-state index in [1.165, 1.54) is 7.11 Å². The highest BCUT2D eigenvalue weighted by Gasteiger charge is 2.71. The topological polar surface area (TPSA) is 67.2 Å². The predicted molar refractivity (Wildman–Crippen MR) is 72.4 cm³/mol. The fraction of sp³-hybridized carbons (Fsp3) is 0.500. The van der Waals surface area contributed by atoms with Crippen molar-refractivity contribution in [1.29, 1.82) is 5.26 Å². The summed E-state index contributed by atoms with van der Waals surface area (Å²) in [4.78, 5) is 0. The first-order valence-electron chi connectivity index (χ1n) is 6.20. The van der Waals surface area contributed by atoms with Crippen LogP contribution in [0.4, 0.5) is 0 Å². The third-order valence-electron chi connectivity index (χ3n) is 3.80. The fourth-order valence-corrected chi connectivity index (χ4v) is 4.82. The first kappa shape index (κ1) is 14.0. The van der Waals surface area contributed by atoms with E-state index >= 15 is 0 Å². The predicted octanol–water partition coefficient (Wildman–Crippen LogP) is 1.74. The second kappa shape index (κ2) is 4.95. The molecule has 1 aliphatic rings. The highest BCUT2D eigenvalue weighted by atomic mass is 32.2. The average Bonchev–Trinajstić information content (AvgIpc) is 3.10. The van der Waals surface area contributed by atoms with Crippen LogP contribution in [-0.4, -0.2) is 33.1 Å². The molecule has 3 atom stereocenters. The fourth-order valence-electron chi connectivity index (χ4n) is 2.82. The Hall–Kier alpha value is -1.38. The standard InChI is InChI=1S/C14H17NO3S/c1-3-19(16,17)13-12(11-7-5-4-6-8-11)14(13,9-15)10-18-2/h4-8,12-13H,3,10H2,1-2H3/t12-,13-,14+/m0/s1. The molecule has 0 bridgehead atoms. The number of hydrogen-bond acceptors (Lipinski definition) is 4. The molecule has 19 heavy (non-hydrogen) atoms. The molecule has 5 heteroatoms. The zero-order valence-electron chi connectivity index (χ0n) is 11.0. The molecule has 1 aromatic carbocycles. The van der Waals surface area contributed by atoms with E-state index in [1.54, 1.807) is 6.92 Å². The summed E-state index contributed by atoms with van der Waals surface area (Å²) in [6.07, 6.45) is 0. The van der Waals surface area contributed by atoms with Crippen LogP contribution in [0.2, 0.25) is 0 Å². The van der Waals surface area contributed by atoms with Crippen LogP contribution in [0.5, 0.6) is 0 Å². The summed E-state index contributed by atoms with van der Waals surface area (Å²) in [5.74, 6) is -0.239. The van der Waals surface area contributed by atoms with Crippen LogP contribution >= 0.6 is 0 Å². The molecule has 1 fully saturated rings. The van der Waals surface area contributed by atoms with Gasteiger partial charge in [0.05, 0.1) is 17.9 Å². The van der Waals surface area contributed by atoms with Crippen molar-refractivity contribution in [2.75, 3.05) is 19.5 Å². The molecule has 0 aliphatic heterocycles. The summed E-state index contributed by atoms with van der Waals surface area (Å²) in [7, 11) is -1.77. The number of rotatable bonds is 5. The largest absolute Gasteiger partial charge is 0.383 e. The van der Waals surface area contributed by atoms with E-state index in [0.717, 1.165) is 5.56 Å². The molecule has 2 rings (SSSR count). The van der Waals surface area contributed by atoms with Gasteiger partial charge in [0.1, 0.15) is 5.41 Å². The minimum absolute atomic E-state index is 0.0497. The molecule has 0 saturated heterocycles. The summed E-state index contributed by atoms with van der Waals surface area (Å²) < 4.78 is 29.5. The van der Waals surface area contributed by atoms with Crippen molar-refractivity contribution in [3.8, 4) is 6.07 Å². The molecule has 0 unspecified atom stereocenters. The summed E-state index contributed by atoms with van der Waals surface area (Å²) in [5, 5.41) is 8.80. The molecule has 0 heterocycles. The maximum atomic E-state index is 12.2. The van der Waals surface area contributed by atoms with Crippen molar-refractivity contribution in [3.05, 3.63) is 35.9 Å². The van der Waals surface area contributed by atoms with Gasteiger partial charge in [0.25, 0.3) is 0 Å². The molecular weight excluding hydrogens is 262 g/mol. The van der Waals surface area contributed by atoms with Gasteiger partial charge in [-0.05, 0) is 5.56 Å². The zero-order valence-corrected chi connectivity index (χ0v) is 11.9. The van der Waals surface area contributed by atoms with Gasteiger partial charge >= 0.3 is 0 Å². The van der Waals surface area contributed by atoms with E-state index in [0.29, 0.717) is 0 Å². The molecule has 0 radical (unpaired) electrons. The van der Waals surface area contributed by atoms with Crippen molar-refractivity contribution < 1.29 is 13.2 Å². The Balaban J connectivity index is 2.45. The van der Waals surface area contributed by atoms with Crippen molar-refractivity contribution in [3.63, 3.8) is 0 Å². The van der Waals surface area contributed by atoms with Crippen LogP contribution in [0.1, 0.15) is 18.4 Å². The third-order valence-corrected chi connectivity index (χ3v) is 6.07. The van der Waals surface area contributed by atoms with Crippen molar-refractivity contribution >= 4 is 9.84 Å². The van der Waals surface area contributed by atoms with Gasteiger partial charge in [0, 0.05) is 18.8 Å². The van der Waals surface area contributed by atoms with Crippen molar-refractivity contribution in [2.45, 2.75) is 18.1 Å². The molecule has 1 saturated carbocycles. The quantitative estimate of drug-likeness (QED) is 0.823. The van der Waals surface area contributed by atoms with E-state index < -0.39 is 20.5 Å². The molecule has 0 aromatic heterocycles. The van der Waals surface area contributed by atoms with Crippen LogP contribution in [0.25, 0.3) is 0 Å². The first-order valence-corrected chi connectivity index (χ1v) is 7.91. The molecule has 0 spiro atoms. The lowest BCUT2D eigenvalue weighted by atomic mass is 10.0. The van der Waals surface area contributed by atoms with Gasteiger partial charge in [-0.15, -0.1) is 0 Å². The average molecular weight is 279 g/mol. The normalized spacial score (nSPS) is 29.7. The number of nitrogens with zero attached hydrogens (tertiary/aromatic N) is 1. The lowest BCUT2D eigenvalue weighted by Crippen LogP contribution is -2.20. The van der Waals surface area contributed by atoms with Gasteiger partial charge in [-0.1, -0.05) is 37.3 Å². The molecule has 0 N–H and O–H groups in total. The van der Waals surface area contributed by atoms with Gasteiger partial charge in [-0.25, -0.2) is 8.42 Å². The number of hydrogen-bond donors (Lipinski definition) is 0. The molecule has 1 aromatic rings. The molecule has 4 nitrogen and oxygen atoms in total. The Kier molecular flexibility index (Phi) is 3.66. The van der Waals surface area contributed by atoms with Gasteiger partial charge in [-0.3, -0.25) is 0 Å². The second-order valence-corrected chi connectivity index (χ2v) is 7.26. The zero-order chi connectivity index (χ0) is 14.1. The summed E-state index contributed by atoms with van der Waals surface area (Å²) >= 11 is 0. The molecule has 102 valence electrons. The SMILES string of the molecule is CCS(=O)(=O)[C@H]1[C@H](c2ccccc2)[C@@]1(C#N)COC. The van der Waals surface area contributed by atoms with Crippen molar-refractivity contribution in [2.24, 2.45) is 5.41 Å². The van der Waals surface area contributed by atoms with E-state index in [1.807, 2.05) is 30.3 Å². The van der Waals surface area contributed by atoms with E-state index in [2.05, 4.69) is 6.07 Å². The Bertz CT molecular complexity index is 591. The highest BCUT2D eigenvalue weighted by molar-refractivity contribution is 7.92. The Morgan fingerprint density at radius 3 is 2.47 bits per heavy atom. The Labute approximate surface area is 113 Å². The molecule has 0 amide bonds. The van der Waals surface area contributed by atoms with Crippen molar-refractivity contribution in [1.82, 2.24) is 0 Å². The monoisotopic (exact) mass is 279 g/mol. The molecular formula is C14H17NO3S. The lowest BCUT2D eigenvalue weighted by molar-refractivity contribution is 0.162. The maximum Gasteiger partial charge on any atom is 0.155 e. The lowest BCUT2D eigenvalue weighted by Gasteiger charge is -2.07. The van der Waals surface area contributed by atoms with Gasteiger partial charge in [-0.2, -0.15) is 5.26 Å². The minimum Gasteiger partial charge on any atom is -0.383 e. The minimum atomic E-state index is -3.27. The summed E-state index contributed by atoms with van der Waals surface area (Å²) in [6.45, 7) is 1.76. The van der Waals surface area contributed by atoms with Crippen LogP contribution in [0.3, 0.4) is 0 Å². The van der Waals surface area contributed by atoms with Crippen LogP contribution in [0, 0.1) is 16.7 Å². The van der Waals surface area contributed by atoms with Crippen LogP contribution < -0.4 is 0 Å². The van der Waals surface area contributed by atoms with Gasteiger partial charge < -0.3 is 4.74 Å². The van der Waals surface area contributed by atoms with Gasteiger partial charge in [0.2, 0.25) is 0 Å². The number of nitriles is 1. The number of methoxy groups -OCH3 is 1. The van der Waals surface area contributed by atoms with Crippen LogP contribution in [0.15, 0.2) is 30.3 Å². The molecule has 1 aliphatic carbocycles. The van der Waals surface area contributed by atoms with E-state index in [9.17, 15) is 13.7 Å². The first-order chi connectivity index (χ1) is 9.03. The maximum absolute atomic E-state index is 12.2. The third kappa shape index (κ3) is 2.15. The summed E-state index contributed by atoms with van der Waals surface area (Å²) in [6, 6.07) is 11.5. The second-order valence-electron chi connectivity index (χ2n) is 4.85. The van der Waals surface area contributed by atoms with Gasteiger partial charge in [0.15, 0.2) is 9.84 Å². The summed E-state index contributed by atoms with van der Waals surface area (Å²) in [5.41, 5.74) is -0.0478. The highest BCUT2D eigenvalue weighted by Crippen LogP contribution is 2.62. The van der Waals surface area contributed by atoms with E-state index in [-0.39, 0.29) is 18.3 Å². The number of benzene rings is 1. The number of ether oxygens (including phenoxy) is 1. The number of sulfone groups is 1. The Morgan fingerprint density at radius 1 is 1.37 bits per heavy atom.